The van der Waals surface area contributed by atoms with E-state index < -0.39 is 0 Å². The van der Waals surface area contributed by atoms with Gasteiger partial charge in [0, 0.05) is 11.9 Å². The topological polar surface area (TPSA) is 51.6 Å². The van der Waals surface area contributed by atoms with Crippen LogP contribution in [0.1, 0.15) is 10.7 Å². The Morgan fingerprint density at radius 3 is 3.00 bits per heavy atom. The van der Waals surface area contributed by atoms with E-state index >= 15 is 0 Å². The summed E-state index contributed by atoms with van der Waals surface area (Å²) in [5.74, 6) is 0.702. The average Bonchev–Trinajstić information content (AvgIpc) is 2.62. The van der Waals surface area contributed by atoms with Crippen molar-refractivity contribution in [3.8, 4) is 0 Å². The van der Waals surface area contributed by atoms with Gasteiger partial charge in [-0.25, -0.2) is 9.97 Å². The Hall–Kier alpha value is -0.720. The van der Waals surface area contributed by atoms with Crippen LogP contribution in [0, 0.1) is 6.92 Å². The summed E-state index contributed by atoms with van der Waals surface area (Å²) in [5, 5.41) is 9.28. The molecule has 0 unspecified atom stereocenters. The van der Waals surface area contributed by atoms with E-state index in [4.69, 9.17) is 11.6 Å². The Bertz CT molecular complexity index is 459. The van der Waals surface area contributed by atoms with Crippen molar-refractivity contribution in [2.75, 3.05) is 0 Å². The maximum absolute atomic E-state index is 5.67. The summed E-state index contributed by atoms with van der Waals surface area (Å²) < 4.78 is 0.468. The second-order valence-corrected chi connectivity index (χ2v) is 5.30. The molecule has 0 radical (unpaired) electrons. The van der Waals surface area contributed by atoms with E-state index in [9.17, 15) is 0 Å². The second-order valence-electron chi connectivity index (χ2n) is 2.72. The molecule has 4 nitrogen and oxygen atoms in total. The van der Waals surface area contributed by atoms with Gasteiger partial charge in [-0.1, -0.05) is 23.1 Å². The number of aryl methyl sites for hydroxylation is 1. The Morgan fingerprint density at radius 1 is 1.47 bits per heavy atom. The lowest BCUT2D eigenvalue weighted by Crippen LogP contribution is -1.89. The summed E-state index contributed by atoms with van der Waals surface area (Å²) in [4.78, 5) is 8.41. The third-order valence-corrected chi connectivity index (χ3v) is 3.61. The SMILES string of the molecule is Cc1ccnc(SCc2nnc(Cl)s2)n1. The largest absolute Gasteiger partial charge is 0.231 e. The average molecular weight is 259 g/mol. The van der Waals surface area contributed by atoms with Gasteiger partial charge in [-0.3, -0.25) is 0 Å². The molecular weight excluding hydrogens is 252 g/mol. The van der Waals surface area contributed by atoms with Crippen LogP contribution >= 0.6 is 34.7 Å². The first kappa shape index (κ1) is 10.8. The van der Waals surface area contributed by atoms with E-state index in [1.54, 1.807) is 6.20 Å². The number of nitrogens with zero attached hydrogens (tertiary/aromatic N) is 4. The zero-order chi connectivity index (χ0) is 10.7. The van der Waals surface area contributed by atoms with Crippen LogP contribution in [0.2, 0.25) is 4.47 Å². The molecule has 2 aromatic rings. The highest BCUT2D eigenvalue weighted by Crippen LogP contribution is 2.23. The third-order valence-electron chi connectivity index (χ3n) is 1.54. The molecule has 0 amide bonds. The molecule has 78 valence electrons. The number of rotatable bonds is 3. The number of hydrogen-bond donors (Lipinski definition) is 0. The maximum atomic E-state index is 5.67. The fourth-order valence-corrected chi connectivity index (χ4v) is 2.64. The monoisotopic (exact) mass is 258 g/mol. The van der Waals surface area contributed by atoms with Gasteiger partial charge >= 0.3 is 0 Å². The summed E-state index contributed by atoms with van der Waals surface area (Å²) in [6, 6.07) is 1.87. The van der Waals surface area contributed by atoms with Crippen molar-refractivity contribution in [1.82, 2.24) is 20.2 Å². The Balaban J connectivity index is 1.99. The summed E-state index contributed by atoms with van der Waals surface area (Å²) in [6.07, 6.45) is 1.75. The van der Waals surface area contributed by atoms with Crippen molar-refractivity contribution in [1.29, 1.82) is 0 Å². The summed E-state index contributed by atoms with van der Waals surface area (Å²) in [7, 11) is 0. The molecule has 0 atom stereocenters. The van der Waals surface area contributed by atoms with Crippen molar-refractivity contribution < 1.29 is 0 Å². The van der Waals surface area contributed by atoms with Crippen LogP contribution < -0.4 is 0 Å². The molecule has 0 aliphatic rings. The van der Waals surface area contributed by atoms with Crippen LogP contribution in [-0.2, 0) is 5.75 Å². The molecular formula is C8H7ClN4S2. The van der Waals surface area contributed by atoms with Crippen molar-refractivity contribution in [3.63, 3.8) is 0 Å². The van der Waals surface area contributed by atoms with Crippen LogP contribution in [0.15, 0.2) is 17.4 Å². The number of aromatic nitrogens is 4. The van der Waals surface area contributed by atoms with Crippen LogP contribution in [0.25, 0.3) is 0 Å². The predicted molar refractivity (Wildman–Crippen MR) is 61.2 cm³/mol. The van der Waals surface area contributed by atoms with Crippen LogP contribution in [0.5, 0.6) is 0 Å². The second kappa shape index (κ2) is 4.87. The van der Waals surface area contributed by atoms with Gasteiger partial charge in [0.2, 0.25) is 4.47 Å². The molecule has 7 heteroatoms. The summed E-state index contributed by atoms with van der Waals surface area (Å²) >= 11 is 8.58. The van der Waals surface area contributed by atoms with Crippen molar-refractivity contribution in [3.05, 3.63) is 27.4 Å². The third kappa shape index (κ3) is 3.12. The van der Waals surface area contributed by atoms with Gasteiger partial charge in [0.05, 0.1) is 5.75 Å². The molecule has 0 fully saturated rings. The smallest absolute Gasteiger partial charge is 0.207 e. The Morgan fingerprint density at radius 2 is 2.33 bits per heavy atom. The van der Waals surface area contributed by atoms with Gasteiger partial charge < -0.3 is 0 Å². The van der Waals surface area contributed by atoms with Crippen molar-refractivity contribution in [2.24, 2.45) is 0 Å². The highest BCUT2D eigenvalue weighted by molar-refractivity contribution is 7.98. The molecule has 0 N–H and O–H groups in total. The molecule has 0 aliphatic heterocycles. The van der Waals surface area contributed by atoms with Crippen LogP contribution in [0.4, 0.5) is 0 Å². The van der Waals surface area contributed by atoms with Crippen LogP contribution in [0.3, 0.4) is 0 Å². The fourth-order valence-electron chi connectivity index (χ4n) is 0.913. The molecule has 0 aliphatic carbocycles. The van der Waals surface area contributed by atoms with E-state index in [0.29, 0.717) is 10.2 Å². The first-order valence-corrected chi connectivity index (χ1v) is 6.32. The minimum Gasteiger partial charge on any atom is -0.231 e. The summed E-state index contributed by atoms with van der Waals surface area (Å²) in [6.45, 7) is 1.94. The molecule has 0 bridgehead atoms. The molecule has 15 heavy (non-hydrogen) atoms. The van der Waals surface area contributed by atoms with Gasteiger partial charge in [0.25, 0.3) is 0 Å². The fraction of sp³-hybridized carbons (Fsp3) is 0.250. The number of halogens is 1. The van der Waals surface area contributed by atoms with Crippen molar-refractivity contribution in [2.45, 2.75) is 17.8 Å². The standard InChI is InChI=1S/C8H7ClN4S2/c1-5-2-3-10-8(11-5)14-4-6-12-13-7(9)15-6/h2-3H,4H2,1H3. The van der Waals surface area contributed by atoms with Crippen molar-refractivity contribution >= 4 is 34.7 Å². The highest BCUT2D eigenvalue weighted by atomic mass is 35.5. The van der Waals surface area contributed by atoms with Gasteiger partial charge in [-0.15, -0.1) is 10.2 Å². The molecule has 0 saturated heterocycles. The molecule has 2 rings (SSSR count). The first-order chi connectivity index (χ1) is 7.24. The van der Waals surface area contributed by atoms with E-state index in [-0.39, 0.29) is 0 Å². The molecule has 0 spiro atoms. The van der Waals surface area contributed by atoms with E-state index in [0.717, 1.165) is 15.9 Å². The zero-order valence-electron chi connectivity index (χ0n) is 7.85. The van der Waals surface area contributed by atoms with Gasteiger partial charge in [0.1, 0.15) is 5.01 Å². The van der Waals surface area contributed by atoms with Crippen LogP contribution in [-0.4, -0.2) is 20.2 Å². The number of hydrogen-bond acceptors (Lipinski definition) is 6. The number of thioether (sulfide) groups is 1. The minimum absolute atomic E-state index is 0.468. The lowest BCUT2D eigenvalue weighted by Gasteiger charge is -1.97. The Labute approximate surface area is 100 Å². The maximum Gasteiger partial charge on any atom is 0.207 e. The lowest BCUT2D eigenvalue weighted by molar-refractivity contribution is 0.930. The molecule has 0 saturated carbocycles. The highest BCUT2D eigenvalue weighted by Gasteiger charge is 2.04. The van der Waals surface area contributed by atoms with E-state index in [2.05, 4.69) is 20.2 Å². The van der Waals surface area contributed by atoms with E-state index in [1.807, 2.05) is 13.0 Å². The van der Waals surface area contributed by atoms with E-state index in [1.165, 1.54) is 23.1 Å². The quantitative estimate of drug-likeness (QED) is 0.626. The Kier molecular flexibility index (Phi) is 3.50. The molecule has 2 heterocycles. The first-order valence-electron chi connectivity index (χ1n) is 4.14. The summed E-state index contributed by atoms with van der Waals surface area (Å²) in [5.41, 5.74) is 0.961. The van der Waals surface area contributed by atoms with Gasteiger partial charge in [-0.05, 0) is 24.6 Å². The van der Waals surface area contributed by atoms with Gasteiger partial charge in [0.15, 0.2) is 5.16 Å². The molecule has 0 aromatic carbocycles. The zero-order valence-corrected chi connectivity index (χ0v) is 10.2. The normalized spacial score (nSPS) is 10.5. The van der Waals surface area contributed by atoms with Gasteiger partial charge in [-0.2, -0.15) is 0 Å². The predicted octanol–water partition coefficient (Wildman–Crippen LogP) is 2.58. The molecule has 2 aromatic heterocycles. The minimum atomic E-state index is 0.468. The lowest BCUT2D eigenvalue weighted by atomic mass is 10.5.